The zero-order valence-electron chi connectivity index (χ0n) is 20.0. The van der Waals surface area contributed by atoms with Gasteiger partial charge in [0.25, 0.3) is 0 Å². The van der Waals surface area contributed by atoms with Gasteiger partial charge in [-0.15, -0.1) is 0 Å². The largest absolute Gasteiger partial charge is 0.491 e. The molecule has 0 aliphatic carbocycles. The van der Waals surface area contributed by atoms with Crippen LogP contribution in [0.5, 0.6) is 5.75 Å². The first-order valence-corrected chi connectivity index (χ1v) is 12.6. The number of carbonyl (C=O) groups is 1. The molecule has 5 rings (SSSR count). The van der Waals surface area contributed by atoms with E-state index in [1.165, 1.54) is 0 Å². The highest BCUT2D eigenvalue weighted by atomic mass is 35.5. The number of anilines is 1. The predicted molar refractivity (Wildman–Crippen MR) is 138 cm³/mol. The molecule has 0 radical (unpaired) electrons. The molecule has 2 aromatic carbocycles. The van der Waals surface area contributed by atoms with Crippen LogP contribution in [0, 0.1) is 0 Å². The van der Waals surface area contributed by atoms with E-state index in [0.29, 0.717) is 35.4 Å². The van der Waals surface area contributed by atoms with E-state index >= 15 is 0 Å². The second-order valence-electron chi connectivity index (χ2n) is 8.96. The summed E-state index contributed by atoms with van der Waals surface area (Å²) in [6.45, 7) is 5.69. The van der Waals surface area contributed by atoms with Gasteiger partial charge in [0.2, 0.25) is 11.7 Å². The topological polar surface area (TPSA) is 69.1 Å². The van der Waals surface area contributed by atoms with E-state index in [0.717, 1.165) is 37.6 Å². The molecule has 2 fully saturated rings. The van der Waals surface area contributed by atoms with E-state index in [1.807, 2.05) is 39.9 Å². The summed E-state index contributed by atoms with van der Waals surface area (Å²) in [5, 5.41) is 1.02. The first-order chi connectivity index (χ1) is 17.4. The van der Waals surface area contributed by atoms with Crippen molar-refractivity contribution in [3.8, 4) is 5.75 Å². The maximum atomic E-state index is 11.6. The van der Waals surface area contributed by atoms with Crippen LogP contribution in [0.25, 0.3) is 0 Å². The molecule has 2 atom stereocenters. The fraction of sp³-hybridized carbons (Fsp3) is 0.385. The highest BCUT2D eigenvalue weighted by Gasteiger charge is 2.45. The summed E-state index contributed by atoms with van der Waals surface area (Å²) in [4.78, 5) is 19.9. The number of imidazole rings is 1. The quantitative estimate of drug-likeness (QED) is 0.455. The fourth-order valence-electron chi connectivity index (χ4n) is 4.61. The van der Waals surface area contributed by atoms with Crippen molar-refractivity contribution in [2.24, 2.45) is 0 Å². The van der Waals surface area contributed by atoms with Gasteiger partial charge in [0.1, 0.15) is 18.5 Å². The summed E-state index contributed by atoms with van der Waals surface area (Å²) in [7, 11) is 0. The predicted octanol–water partition coefficient (Wildman–Crippen LogP) is 4.21. The first kappa shape index (κ1) is 24.9. The van der Waals surface area contributed by atoms with Crippen LogP contribution < -0.4 is 9.64 Å². The van der Waals surface area contributed by atoms with Crippen LogP contribution in [0.2, 0.25) is 10.0 Å². The van der Waals surface area contributed by atoms with Gasteiger partial charge in [-0.2, -0.15) is 0 Å². The highest BCUT2D eigenvalue weighted by Crippen LogP contribution is 2.40. The average molecular weight is 531 g/mol. The van der Waals surface area contributed by atoms with E-state index in [2.05, 4.69) is 16.0 Å². The molecule has 2 aliphatic rings. The standard InChI is InChI=1S/C26H28Cl2N4O4/c1-19(33)31-9-11-32(12-10-31)21-3-2-4-22(14-21)34-15-23-16-35-26(36-23,17-30-8-7-29-18-30)24-6-5-20(27)13-25(24)28/h2-8,13-14,18,23H,9-12,15-17H2,1H3/t23-,26-/m1/s1. The highest BCUT2D eigenvalue weighted by molar-refractivity contribution is 6.35. The number of carbonyl (C=O) groups excluding carboxylic acids is 1. The van der Waals surface area contributed by atoms with Crippen LogP contribution in [0.3, 0.4) is 0 Å². The van der Waals surface area contributed by atoms with Crippen molar-refractivity contribution in [2.75, 3.05) is 44.3 Å². The van der Waals surface area contributed by atoms with Gasteiger partial charge in [0.15, 0.2) is 0 Å². The fourth-order valence-corrected chi connectivity index (χ4v) is 5.17. The summed E-state index contributed by atoms with van der Waals surface area (Å²) < 4.78 is 20.7. The Morgan fingerprint density at radius 1 is 1.17 bits per heavy atom. The van der Waals surface area contributed by atoms with Gasteiger partial charge in [-0.3, -0.25) is 4.79 Å². The summed E-state index contributed by atoms with van der Waals surface area (Å²) >= 11 is 12.7. The Balaban J connectivity index is 1.25. The molecule has 190 valence electrons. The van der Waals surface area contributed by atoms with Crippen molar-refractivity contribution in [3.63, 3.8) is 0 Å². The lowest BCUT2D eigenvalue weighted by Gasteiger charge is -2.35. The molecule has 36 heavy (non-hydrogen) atoms. The number of benzene rings is 2. The van der Waals surface area contributed by atoms with Crippen molar-refractivity contribution < 1.29 is 19.0 Å². The molecule has 10 heteroatoms. The Hall–Kier alpha value is -2.78. The summed E-state index contributed by atoms with van der Waals surface area (Å²) in [5.74, 6) is -0.217. The molecule has 0 bridgehead atoms. The molecule has 2 aliphatic heterocycles. The number of amides is 1. The average Bonchev–Trinajstić information content (AvgIpc) is 3.54. The maximum absolute atomic E-state index is 11.6. The SMILES string of the molecule is CC(=O)N1CCN(c2cccc(OC[C@@H]3CO[C@@](Cn4ccnc4)(c4ccc(Cl)cc4Cl)O3)c2)CC1. The summed E-state index contributed by atoms with van der Waals surface area (Å²) in [5.41, 5.74) is 1.78. The molecule has 0 spiro atoms. The number of halogens is 2. The molecular weight excluding hydrogens is 503 g/mol. The van der Waals surface area contributed by atoms with Crippen LogP contribution in [-0.4, -0.2) is 65.9 Å². The Kier molecular flexibility index (Phi) is 7.39. The second-order valence-corrected chi connectivity index (χ2v) is 9.81. The molecule has 0 saturated carbocycles. The molecule has 3 heterocycles. The molecule has 8 nitrogen and oxygen atoms in total. The van der Waals surface area contributed by atoms with E-state index < -0.39 is 5.79 Å². The minimum atomic E-state index is -1.09. The maximum Gasteiger partial charge on any atom is 0.219 e. The van der Waals surface area contributed by atoms with E-state index in [-0.39, 0.29) is 12.0 Å². The van der Waals surface area contributed by atoms with Crippen molar-refractivity contribution in [1.29, 1.82) is 0 Å². The van der Waals surface area contributed by atoms with Crippen molar-refractivity contribution in [1.82, 2.24) is 14.5 Å². The van der Waals surface area contributed by atoms with Gasteiger partial charge in [-0.1, -0.05) is 35.3 Å². The molecule has 0 unspecified atom stereocenters. The van der Waals surface area contributed by atoms with E-state index in [9.17, 15) is 4.79 Å². The smallest absolute Gasteiger partial charge is 0.219 e. The third-order valence-electron chi connectivity index (χ3n) is 6.49. The second kappa shape index (κ2) is 10.7. The molecule has 3 aromatic rings. The van der Waals surface area contributed by atoms with Crippen molar-refractivity contribution in [3.05, 3.63) is 76.8 Å². The summed E-state index contributed by atoms with van der Waals surface area (Å²) in [6, 6.07) is 13.3. The van der Waals surface area contributed by atoms with Crippen LogP contribution in [-0.2, 0) is 26.6 Å². The number of ether oxygens (including phenoxy) is 3. The molecule has 2 saturated heterocycles. The zero-order chi connectivity index (χ0) is 25.1. The van der Waals surface area contributed by atoms with Gasteiger partial charge in [-0.25, -0.2) is 4.98 Å². The molecule has 1 amide bonds. The normalized spacial score (nSPS) is 22.1. The minimum absolute atomic E-state index is 0.120. The van der Waals surface area contributed by atoms with Crippen LogP contribution in [0.15, 0.2) is 61.2 Å². The Morgan fingerprint density at radius 2 is 2.00 bits per heavy atom. The number of hydrogen-bond donors (Lipinski definition) is 0. The third kappa shape index (κ3) is 5.47. The number of hydrogen-bond acceptors (Lipinski definition) is 6. The van der Waals surface area contributed by atoms with Crippen LogP contribution in [0.1, 0.15) is 12.5 Å². The zero-order valence-corrected chi connectivity index (χ0v) is 21.5. The molecule has 0 N–H and O–H groups in total. The molecular formula is C26H28Cl2N4O4. The van der Waals surface area contributed by atoms with Gasteiger partial charge >= 0.3 is 0 Å². The summed E-state index contributed by atoms with van der Waals surface area (Å²) in [6.07, 6.45) is 4.97. The van der Waals surface area contributed by atoms with Gasteiger partial charge in [0.05, 0.1) is 24.5 Å². The first-order valence-electron chi connectivity index (χ1n) is 11.9. The lowest BCUT2D eigenvalue weighted by Crippen LogP contribution is -2.48. The number of aromatic nitrogens is 2. The Labute approximate surface area is 220 Å². The van der Waals surface area contributed by atoms with Crippen LogP contribution in [0.4, 0.5) is 5.69 Å². The minimum Gasteiger partial charge on any atom is -0.491 e. The number of rotatable bonds is 7. The lowest BCUT2D eigenvalue weighted by molar-refractivity contribution is -0.189. The Bertz CT molecular complexity index is 1200. The monoisotopic (exact) mass is 530 g/mol. The number of nitrogens with zero attached hydrogens (tertiary/aromatic N) is 4. The van der Waals surface area contributed by atoms with E-state index in [4.69, 9.17) is 37.4 Å². The van der Waals surface area contributed by atoms with Gasteiger partial charge in [0, 0.05) is 67.8 Å². The van der Waals surface area contributed by atoms with Crippen LogP contribution >= 0.6 is 23.2 Å². The third-order valence-corrected chi connectivity index (χ3v) is 7.04. The lowest BCUT2D eigenvalue weighted by atomic mass is 10.1. The van der Waals surface area contributed by atoms with E-state index in [1.54, 1.807) is 31.6 Å². The Morgan fingerprint density at radius 3 is 2.72 bits per heavy atom. The number of piperazine rings is 1. The molecule has 1 aromatic heterocycles. The van der Waals surface area contributed by atoms with Gasteiger partial charge < -0.3 is 28.6 Å². The van der Waals surface area contributed by atoms with Gasteiger partial charge in [-0.05, 0) is 24.3 Å². The van der Waals surface area contributed by atoms with Crippen molar-refractivity contribution in [2.45, 2.75) is 25.4 Å². The van der Waals surface area contributed by atoms with Crippen molar-refractivity contribution >= 4 is 34.8 Å².